The van der Waals surface area contributed by atoms with E-state index >= 15 is 0 Å². The Morgan fingerprint density at radius 1 is 0.972 bits per heavy atom. The number of sulfonamides is 1. The number of rotatable bonds is 14. The third kappa shape index (κ3) is 9.53. The molecule has 1 amide bonds. The largest absolute Gasteiger partial charge is 0.489 e. The first-order valence-corrected chi connectivity index (χ1v) is 27.6. The topological polar surface area (TPSA) is 191 Å². The zero-order valence-electron chi connectivity index (χ0n) is 41.9. The van der Waals surface area contributed by atoms with Crippen LogP contribution in [0, 0.1) is 16.2 Å². The van der Waals surface area contributed by atoms with Gasteiger partial charge in [-0.05, 0) is 162 Å². The fraction of sp³-hybridized carbons (Fsp3) is 0.527. The van der Waals surface area contributed by atoms with Crippen molar-refractivity contribution in [1.82, 2.24) is 24.5 Å². The molecule has 2 aliphatic carbocycles. The smallest absolute Gasteiger partial charge is 0.268 e. The van der Waals surface area contributed by atoms with Crippen molar-refractivity contribution in [2.24, 2.45) is 16.5 Å². The van der Waals surface area contributed by atoms with Gasteiger partial charge in [0.2, 0.25) is 0 Å². The van der Waals surface area contributed by atoms with E-state index in [0.717, 1.165) is 75.4 Å². The molecule has 16 nitrogen and oxygen atoms in total. The van der Waals surface area contributed by atoms with Crippen LogP contribution in [0.5, 0.6) is 23.1 Å². The van der Waals surface area contributed by atoms with E-state index in [9.17, 15) is 23.2 Å². The Hall–Kier alpha value is -5.75. The maximum Gasteiger partial charge on any atom is 0.268 e. The van der Waals surface area contributed by atoms with Crippen LogP contribution in [0.4, 0.5) is 17.1 Å². The molecule has 0 unspecified atom stereocenters. The van der Waals surface area contributed by atoms with Crippen LogP contribution in [0.3, 0.4) is 0 Å². The van der Waals surface area contributed by atoms with Crippen LogP contribution in [-0.4, -0.2) is 109 Å². The van der Waals surface area contributed by atoms with Crippen LogP contribution in [0.15, 0.2) is 83.0 Å². The number of aliphatic hydroxyl groups is 1. The summed E-state index contributed by atoms with van der Waals surface area (Å²) in [5.41, 5.74) is 4.14. The second-order valence-corrected chi connectivity index (χ2v) is 23.9. The summed E-state index contributed by atoms with van der Waals surface area (Å²) in [6.07, 6.45) is 12.5. The van der Waals surface area contributed by atoms with Gasteiger partial charge in [0.25, 0.3) is 21.8 Å². The minimum Gasteiger partial charge on any atom is -0.489 e. The number of likely N-dealkylation sites (tertiary alicyclic amines) is 2. The molecule has 11 rings (SSSR count). The van der Waals surface area contributed by atoms with Gasteiger partial charge in [-0.25, -0.2) is 13.1 Å². The third-order valence-corrected chi connectivity index (χ3v) is 18.4. The fourth-order valence-electron chi connectivity index (χ4n) is 12.5. The summed E-state index contributed by atoms with van der Waals surface area (Å²) in [7, 11) is -2.53. The maximum atomic E-state index is 14.4. The predicted molar refractivity (Wildman–Crippen MR) is 277 cm³/mol. The number of piperidine rings is 1. The summed E-state index contributed by atoms with van der Waals surface area (Å²) in [6, 6.07) is 21.5. The molecule has 4 aliphatic heterocycles. The number of aromatic nitrogens is 2. The lowest BCUT2D eigenvalue weighted by molar-refractivity contribution is -0.0227. The summed E-state index contributed by atoms with van der Waals surface area (Å²) < 4.78 is 49.7. The molecule has 3 aromatic carbocycles. The molecule has 382 valence electrons. The molecular weight excluding hydrogens is 933 g/mol. The number of fused-ring (bicyclic) bond motifs is 2. The highest BCUT2D eigenvalue weighted by atomic mass is 32.2. The highest BCUT2D eigenvalue weighted by Gasteiger charge is 2.50. The van der Waals surface area contributed by atoms with Crippen molar-refractivity contribution in [3.63, 3.8) is 0 Å². The van der Waals surface area contributed by atoms with E-state index in [-0.39, 0.29) is 69.3 Å². The van der Waals surface area contributed by atoms with Crippen LogP contribution >= 0.6 is 0 Å². The normalized spacial score (nSPS) is 25.6. The van der Waals surface area contributed by atoms with Crippen molar-refractivity contribution in [3.8, 4) is 23.1 Å². The second-order valence-electron chi connectivity index (χ2n) is 22.2. The van der Waals surface area contributed by atoms with E-state index in [1.165, 1.54) is 42.9 Å². The summed E-state index contributed by atoms with van der Waals surface area (Å²) in [5.74, 6) is 0.562. The van der Waals surface area contributed by atoms with E-state index in [1.807, 2.05) is 31.2 Å². The van der Waals surface area contributed by atoms with Crippen molar-refractivity contribution in [2.45, 2.75) is 132 Å². The molecule has 3 saturated heterocycles. The first-order chi connectivity index (χ1) is 34.6. The summed E-state index contributed by atoms with van der Waals surface area (Å²) in [6.45, 7) is 10.8. The minimum absolute atomic E-state index is 0.0189. The molecule has 5 aromatic rings. The van der Waals surface area contributed by atoms with Gasteiger partial charge in [-0.3, -0.25) is 14.6 Å². The van der Waals surface area contributed by atoms with Crippen LogP contribution in [-0.2, 0) is 10.0 Å². The predicted octanol–water partition coefficient (Wildman–Crippen LogP) is 9.78. The van der Waals surface area contributed by atoms with E-state index in [4.69, 9.17) is 19.2 Å². The van der Waals surface area contributed by atoms with Crippen molar-refractivity contribution < 1.29 is 32.5 Å². The van der Waals surface area contributed by atoms with Crippen LogP contribution in [0.2, 0.25) is 0 Å². The zero-order valence-corrected chi connectivity index (χ0v) is 42.7. The lowest BCUT2D eigenvalue weighted by atomic mass is 9.59. The number of carbonyl (C=O) groups is 1. The number of H-pyrrole nitrogens is 1. The number of carbonyl (C=O) groups excluding carboxylic acids is 1. The molecule has 3 atom stereocenters. The molecule has 6 aliphatic rings. The van der Waals surface area contributed by atoms with Gasteiger partial charge in [-0.15, -0.1) is 4.91 Å². The van der Waals surface area contributed by atoms with Gasteiger partial charge < -0.3 is 34.5 Å². The molecule has 5 fully saturated rings. The summed E-state index contributed by atoms with van der Waals surface area (Å²) >= 11 is 0. The highest BCUT2D eigenvalue weighted by Crippen LogP contribution is 2.54. The molecule has 4 N–H and O–H groups in total. The first kappa shape index (κ1) is 48.5. The van der Waals surface area contributed by atoms with Gasteiger partial charge in [0, 0.05) is 60.6 Å². The van der Waals surface area contributed by atoms with Crippen molar-refractivity contribution in [2.75, 3.05) is 56.7 Å². The number of ether oxygens (including phenoxy) is 3. The number of anilines is 2. The SMILES string of the molecule is CC(C)c1ccccc1[C@@H]1CCCN1C1CC2(CCN(c3ccc(C(=O)NS(=O)(=O)c4cc(N=O)c5c(c4)OC[C@H](C4CCC(C)(O)CC4)N5)c(Oc4cc5cc[nH]c5nc4OC[C@H]4CCN4C)c3)CC2)C1. The van der Waals surface area contributed by atoms with E-state index in [2.05, 4.69) is 80.1 Å². The second kappa shape index (κ2) is 19.3. The van der Waals surface area contributed by atoms with Gasteiger partial charge in [0.1, 0.15) is 41.7 Å². The Morgan fingerprint density at radius 3 is 2.50 bits per heavy atom. The molecule has 0 radical (unpaired) electrons. The van der Waals surface area contributed by atoms with E-state index in [0.29, 0.717) is 48.8 Å². The van der Waals surface area contributed by atoms with Crippen LogP contribution < -0.4 is 29.1 Å². The number of aromatic amines is 1. The fourth-order valence-corrected chi connectivity index (χ4v) is 13.5. The average Bonchev–Trinajstić information content (AvgIpc) is 4.04. The van der Waals surface area contributed by atoms with Crippen molar-refractivity contribution >= 4 is 44.0 Å². The van der Waals surface area contributed by atoms with Crippen molar-refractivity contribution in [3.05, 3.63) is 94.5 Å². The highest BCUT2D eigenvalue weighted by molar-refractivity contribution is 7.90. The van der Waals surface area contributed by atoms with Gasteiger partial charge in [0.15, 0.2) is 5.75 Å². The van der Waals surface area contributed by atoms with Crippen molar-refractivity contribution in [1.29, 1.82) is 0 Å². The summed E-state index contributed by atoms with van der Waals surface area (Å²) in [4.78, 5) is 41.6. The lowest BCUT2D eigenvalue weighted by Crippen LogP contribution is -2.54. The lowest BCUT2D eigenvalue weighted by Gasteiger charge is -2.56. The molecule has 0 bridgehead atoms. The number of nitroso groups, excluding NO2 is 1. The molecule has 2 saturated carbocycles. The van der Waals surface area contributed by atoms with Gasteiger partial charge in [0.05, 0.1) is 22.1 Å². The Kier molecular flexibility index (Phi) is 13.0. The standard InChI is InChI=1S/C55H68N8O8S/c1-34(2)41-8-5-6-9-42(41)46-10-7-22-63(46)39-30-55(31-39)19-24-62(25-20-55)37-11-12-43(47(27-37)71-49-26-36-15-21-56-51(36)58-53(49)70-32-38-16-23-61(38)4)52(64)60-72(67,68)40-28-44(59-66)50-48(29-40)69-33-45(57-50)35-13-17-54(3,65)18-14-35/h5-6,8-9,11-12,15,21,26-29,34-35,38-39,45-46,57,65H,7,10,13-14,16-20,22-25,30-33H2,1-4H3,(H,56,58)(H,60,64)/t35?,38-,45-,46+,54?/m1/s1. The summed E-state index contributed by atoms with van der Waals surface area (Å²) in [5, 5.41) is 17.8. The molecular formula is C55H68N8O8S. The molecule has 72 heavy (non-hydrogen) atoms. The number of amides is 1. The number of nitrogens with zero attached hydrogens (tertiary/aromatic N) is 5. The molecule has 6 heterocycles. The van der Waals surface area contributed by atoms with Gasteiger partial charge in [-0.2, -0.15) is 4.98 Å². The number of hydrogen-bond acceptors (Lipinski definition) is 14. The molecule has 2 aromatic heterocycles. The quantitative estimate of drug-likeness (QED) is 0.0770. The van der Waals surface area contributed by atoms with Crippen LogP contribution in [0.1, 0.15) is 125 Å². The minimum atomic E-state index is -4.59. The third-order valence-electron chi connectivity index (χ3n) is 17.1. The number of pyridine rings is 1. The van der Waals surface area contributed by atoms with E-state index in [1.54, 1.807) is 12.3 Å². The number of nitrogens with one attached hydrogen (secondary N) is 3. The first-order valence-electron chi connectivity index (χ1n) is 26.1. The Bertz CT molecular complexity index is 2950. The van der Waals surface area contributed by atoms with E-state index < -0.39 is 21.5 Å². The number of likely N-dealkylation sites (N-methyl/N-ethyl adjacent to an activating group) is 1. The zero-order chi connectivity index (χ0) is 49.9. The van der Waals surface area contributed by atoms with Gasteiger partial charge in [-0.1, -0.05) is 38.1 Å². The maximum absolute atomic E-state index is 14.4. The monoisotopic (exact) mass is 1000 g/mol. The molecule has 1 spiro atoms. The van der Waals surface area contributed by atoms with Gasteiger partial charge >= 0.3 is 0 Å². The molecule has 17 heteroatoms. The Labute approximate surface area is 422 Å². The Balaban J connectivity index is 0.834. The Morgan fingerprint density at radius 2 is 1.76 bits per heavy atom. The van der Waals surface area contributed by atoms with Crippen LogP contribution in [0.25, 0.3) is 11.0 Å². The number of benzene rings is 3. The number of hydrogen-bond donors (Lipinski definition) is 4. The average molecular weight is 1000 g/mol.